The van der Waals surface area contributed by atoms with Crippen molar-refractivity contribution in [3.63, 3.8) is 0 Å². The minimum atomic E-state index is -4.71. The van der Waals surface area contributed by atoms with Crippen LogP contribution >= 0.6 is 0 Å². The van der Waals surface area contributed by atoms with E-state index in [1.165, 1.54) is 6.07 Å². The molecule has 1 saturated carbocycles. The molecule has 0 saturated heterocycles. The Morgan fingerprint density at radius 1 is 1.15 bits per heavy atom. The zero-order chi connectivity index (χ0) is 15.0. The molecule has 0 amide bonds. The van der Waals surface area contributed by atoms with Gasteiger partial charge in [-0.05, 0) is 36.0 Å². The van der Waals surface area contributed by atoms with Gasteiger partial charge in [-0.1, -0.05) is 32.3 Å². The van der Waals surface area contributed by atoms with E-state index in [0.29, 0.717) is 6.07 Å². The van der Waals surface area contributed by atoms with Crippen molar-refractivity contribution in [2.75, 3.05) is 0 Å². The maximum Gasteiger partial charge on any atom is 0.419 e. The zero-order valence-corrected chi connectivity index (χ0v) is 11.3. The molecule has 1 aromatic carbocycles. The third-order valence-electron chi connectivity index (χ3n) is 4.27. The second-order valence-corrected chi connectivity index (χ2v) is 5.85. The zero-order valence-electron chi connectivity index (χ0n) is 11.3. The molecule has 1 unspecified atom stereocenters. The summed E-state index contributed by atoms with van der Waals surface area (Å²) in [6.45, 7) is 1.91. The number of aliphatic hydroxyl groups is 1. The van der Waals surface area contributed by atoms with Gasteiger partial charge in [0.15, 0.2) is 0 Å². The Labute approximate surface area is 115 Å². The number of halogens is 4. The number of hydrogen-bond donors (Lipinski definition) is 1. The molecule has 0 spiro atoms. The van der Waals surface area contributed by atoms with Crippen LogP contribution in [0.25, 0.3) is 0 Å². The van der Waals surface area contributed by atoms with Crippen LogP contribution < -0.4 is 0 Å². The SMILES string of the molecule is CC1(C(O)c2ccc(C(F)(F)F)c(F)c2)CCCCC1. The molecule has 1 N–H and O–H groups in total. The largest absolute Gasteiger partial charge is 0.419 e. The van der Waals surface area contributed by atoms with Crippen LogP contribution in [0.4, 0.5) is 17.6 Å². The Hall–Kier alpha value is -1.10. The Balaban J connectivity index is 2.27. The molecule has 1 fully saturated rings. The van der Waals surface area contributed by atoms with Crippen molar-refractivity contribution >= 4 is 0 Å². The average molecular weight is 290 g/mol. The highest BCUT2D eigenvalue weighted by atomic mass is 19.4. The van der Waals surface area contributed by atoms with E-state index < -0.39 is 23.7 Å². The third kappa shape index (κ3) is 2.97. The molecular formula is C15H18F4O. The van der Waals surface area contributed by atoms with E-state index in [4.69, 9.17) is 0 Å². The second kappa shape index (κ2) is 5.35. The molecule has 1 atom stereocenters. The number of aliphatic hydroxyl groups excluding tert-OH is 1. The molecule has 1 nitrogen and oxygen atoms in total. The van der Waals surface area contributed by atoms with Crippen LogP contribution in [0.2, 0.25) is 0 Å². The maximum absolute atomic E-state index is 13.6. The second-order valence-electron chi connectivity index (χ2n) is 5.85. The summed E-state index contributed by atoms with van der Waals surface area (Å²) >= 11 is 0. The normalized spacial score (nSPS) is 20.7. The van der Waals surface area contributed by atoms with Gasteiger partial charge in [0.05, 0.1) is 11.7 Å². The van der Waals surface area contributed by atoms with E-state index in [2.05, 4.69) is 0 Å². The number of benzene rings is 1. The van der Waals surface area contributed by atoms with Crippen molar-refractivity contribution in [1.29, 1.82) is 0 Å². The lowest BCUT2D eigenvalue weighted by Crippen LogP contribution is -2.28. The summed E-state index contributed by atoms with van der Waals surface area (Å²) in [5.41, 5.74) is -1.45. The lowest BCUT2D eigenvalue weighted by molar-refractivity contribution is -0.140. The van der Waals surface area contributed by atoms with E-state index in [0.717, 1.165) is 38.2 Å². The highest BCUT2D eigenvalue weighted by Crippen LogP contribution is 2.46. The van der Waals surface area contributed by atoms with Crippen LogP contribution in [0.3, 0.4) is 0 Å². The van der Waals surface area contributed by atoms with Crippen molar-refractivity contribution < 1.29 is 22.7 Å². The third-order valence-corrected chi connectivity index (χ3v) is 4.27. The first-order valence-electron chi connectivity index (χ1n) is 6.79. The van der Waals surface area contributed by atoms with Crippen LogP contribution in [-0.2, 0) is 6.18 Å². The number of hydrogen-bond acceptors (Lipinski definition) is 1. The average Bonchev–Trinajstić information content (AvgIpc) is 2.37. The molecule has 112 valence electrons. The number of alkyl halides is 3. The van der Waals surface area contributed by atoms with Crippen molar-refractivity contribution in [2.45, 2.75) is 51.3 Å². The van der Waals surface area contributed by atoms with Gasteiger partial charge in [0.1, 0.15) is 5.82 Å². The van der Waals surface area contributed by atoms with Gasteiger partial charge in [0.2, 0.25) is 0 Å². The van der Waals surface area contributed by atoms with Crippen molar-refractivity contribution in [2.24, 2.45) is 5.41 Å². The molecule has 0 aliphatic heterocycles. The van der Waals surface area contributed by atoms with E-state index in [1.54, 1.807) is 0 Å². The summed E-state index contributed by atoms with van der Waals surface area (Å²) in [6.07, 6.45) is -0.966. The monoisotopic (exact) mass is 290 g/mol. The highest BCUT2D eigenvalue weighted by Gasteiger charge is 2.37. The molecule has 0 radical (unpaired) electrons. The fraction of sp³-hybridized carbons (Fsp3) is 0.600. The first kappa shape index (κ1) is 15.3. The molecule has 0 aromatic heterocycles. The van der Waals surface area contributed by atoms with Gasteiger partial charge in [-0.2, -0.15) is 13.2 Å². The lowest BCUT2D eigenvalue weighted by atomic mass is 9.70. The summed E-state index contributed by atoms with van der Waals surface area (Å²) in [4.78, 5) is 0. The van der Waals surface area contributed by atoms with Gasteiger partial charge in [0, 0.05) is 0 Å². The van der Waals surface area contributed by atoms with Gasteiger partial charge in [-0.25, -0.2) is 4.39 Å². The first-order valence-corrected chi connectivity index (χ1v) is 6.79. The highest BCUT2D eigenvalue weighted by molar-refractivity contribution is 5.29. The van der Waals surface area contributed by atoms with Crippen LogP contribution in [0.15, 0.2) is 18.2 Å². The van der Waals surface area contributed by atoms with Crippen LogP contribution in [0, 0.1) is 11.2 Å². The van der Waals surface area contributed by atoms with Crippen molar-refractivity contribution in [1.82, 2.24) is 0 Å². The lowest BCUT2D eigenvalue weighted by Gasteiger charge is -2.38. The Morgan fingerprint density at radius 2 is 1.75 bits per heavy atom. The van der Waals surface area contributed by atoms with Crippen molar-refractivity contribution in [3.05, 3.63) is 35.1 Å². The Bertz CT molecular complexity index is 475. The quantitative estimate of drug-likeness (QED) is 0.772. The minimum Gasteiger partial charge on any atom is -0.388 e. The predicted molar refractivity (Wildman–Crippen MR) is 67.6 cm³/mol. The predicted octanol–water partition coefficient (Wildman–Crippen LogP) is 4.85. The van der Waals surface area contributed by atoms with Crippen LogP contribution in [0.5, 0.6) is 0 Å². The summed E-state index contributed by atoms with van der Waals surface area (Å²) in [6, 6.07) is 2.70. The van der Waals surface area contributed by atoms with Crippen molar-refractivity contribution in [3.8, 4) is 0 Å². The Kier molecular flexibility index (Phi) is 4.09. The molecule has 1 aromatic rings. The minimum absolute atomic E-state index is 0.222. The molecule has 1 aliphatic carbocycles. The fourth-order valence-corrected chi connectivity index (χ4v) is 2.97. The van der Waals surface area contributed by atoms with Crippen LogP contribution in [0.1, 0.15) is 56.3 Å². The summed E-state index contributed by atoms with van der Waals surface area (Å²) in [5, 5.41) is 10.4. The van der Waals surface area contributed by atoms with E-state index in [-0.39, 0.29) is 11.0 Å². The topological polar surface area (TPSA) is 20.2 Å². The summed E-state index contributed by atoms with van der Waals surface area (Å²) < 4.78 is 51.1. The first-order chi connectivity index (χ1) is 9.24. The van der Waals surface area contributed by atoms with E-state index in [9.17, 15) is 22.7 Å². The van der Waals surface area contributed by atoms with Gasteiger partial charge < -0.3 is 5.11 Å². The molecule has 1 aliphatic rings. The smallest absolute Gasteiger partial charge is 0.388 e. The standard InChI is InChI=1S/C15H18F4O/c1-14(7-3-2-4-8-14)13(20)10-5-6-11(12(16)9-10)15(17,18)19/h5-6,9,13,20H,2-4,7-8H2,1H3. The Morgan fingerprint density at radius 3 is 2.25 bits per heavy atom. The van der Waals surface area contributed by atoms with Gasteiger partial charge in [-0.3, -0.25) is 0 Å². The fourth-order valence-electron chi connectivity index (χ4n) is 2.97. The number of rotatable bonds is 2. The van der Waals surface area contributed by atoms with Gasteiger partial charge >= 0.3 is 6.18 Å². The van der Waals surface area contributed by atoms with Gasteiger partial charge in [-0.15, -0.1) is 0 Å². The summed E-state index contributed by atoms with van der Waals surface area (Å²) in [5.74, 6) is -1.33. The summed E-state index contributed by atoms with van der Waals surface area (Å²) in [7, 11) is 0. The molecule has 20 heavy (non-hydrogen) atoms. The molecule has 2 rings (SSSR count). The molecule has 0 heterocycles. The maximum atomic E-state index is 13.6. The molecular weight excluding hydrogens is 272 g/mol. The van der Waals surface area contributed by atoms with Gasteiger partial charge in [0.25, 0.3) is 0 Å². The van der Waals surface area contributed by atoms with Crippen LogP contribution in [-0.4, -0.2) is 5.11 Å². The molecule has 0 bridgehead atoms. The van der Waals surface area contributed by atoms with E-state index in [1.807, 2.05) is 6.92 Å². The molecule has 5 heteroatoms. The van der Waals surface area contributed by atoms with E-state index >= 15 is 0 Å².